The van der Waals surface area contributed by atoms with E-state index in [9.17, 15) is 9.18 Å². The minimum atomic E-state index is -0.306. The SMILES string of the molecule is O=c1n(CCOc2ccc(F)cc2)nc(C2CCNCC2)n1Cc1ccccc1. The number of aromatic nitrogens is 3. The summed E-state index contributed by atoms with van der Waals surface area (Å²) in [6.07, 6.45) is 1.94. The van der Waals surface area contributed by atoms with Gasteiger partial charge in [-0.15, -0.1) is 0 Å². The summed E-state index contributed by atoms with van der Waals surface area (Å²) < 4.78 is 21.9. The molecule has 4 rings (SSSR count). The van der Waals surface area contributed by atoms with Crippen molar-refractivity contribution in [1.82, 2.24) is 19.7 Å². The summed E-state index contributed by atoms with van der Waals surface area (Å²) in [5.41, 5.74) is 0.956. The summed E-state index contributed by atoms with van der Waals surface area (Å²) in [5, 5.41) is 8.04. The van der Waals surface area contributed by atoms with Crippen LogP contribution in [0.4, 0.5) is 4.39 Å². The molecule has 6 nitrogen and oxygen atoms in total. The van der Waals surface area contributed by atoms with E-state index in [2.05, 4.69) is 10.4 Å². The van der Waals surface area contributed by atoms with Crippen LogP contribution >= 0.6 is 0 Å². The topological polar surface area (TPSA) is 61.1 Å². The Morgan fingerprint density at radius 3 is 2.52 bits per heavy atom. The van der Waals surface area contributed by atoms with E-state index >= 15 is 0 Å². The van der Waals surface area contributed by atoms with E-state index in [1.807, 2.05) is 30.3 Å². The van der Waals surface area contributed by atoms with E-state index in [1.54, 1.807) is 16.7 Å². The number of nitrogens with zero attached hydrogens (tertiary/aromatic N) is 3. The summed E-state index contributed by atoms with van der Waals surface area (Å²) >= 11 is 0. The van der Waals surface area contributed by atoms with Gasteiger partial charge >= 0.3 is 5.69 Å². The number of piperidine rings is 1. The molecule has 2 heterocycles. The second kappa shape index (κ2) is 9.05. The van der Waals surface area contributed by atoms with Gasteiger partial charge in [0.2, 0.25) is 0 Å². The molecule has 0 spiro atoms. The molecule has 0 bridgehead atoms. The maximum Gasteiger partial charge on any atom is 0.346 e. The predicted octanol–water partition coefficient (Wildman–Crippen LogP) is 2.78. The molecule has 3 aromatic rings. The third-order valence-electron chi connectivity index (χ3n) is 5.22. The molecule has 2 aromatic carbocycles. The van der Waals surface area contributed by atoms with Gasteiger partial charge in [-0.3, -0.25) is 4.57 Å². The predicted molar refractivity (Wildman–Crippen MR) is 109 cm³/mol. The highest BCUT2D eigenvalue weighted by atomic mass is 19.1. The van der Waals surface area contributed by atoms with Crippen molar-refractivity contribution in [3.05, 3.63) is 82.3 Å². The molecule has 1 aliphatic heterocycles. The van der Waals surface area contributed by atoms with E-state index in [1.165, 1.54) is 16.8 Å². The lowest BCUT2D eigenvalue weighted by molar-refractivity contribution is 0.287. The lowest BCUT2D eigenvalue weighted by Gasteiger charge is -2.22. The maximum atomic E-state index is 13.1. The van der Waals surface area contributed by atoms with Crippen molar-refractivity contribution in [3.63, 3.8) is 0 Å². The van der Waals surface area contributed by atoms with E-state index in [-0.39, 0.29) is 17.4 Å². The molecule has 0 unspecified atom stereocenters. The number of rotatable bonds is 7. The Hall–Kier alpha value is -2.93. The molecule has 1 fully saturated rings. The van der Waals surface area contributed by atoms with Crippen molar-refractivity contribution in [2.45, 2.75) is 31.8 Å². The number of hydrogen-bond acceptors (Lipinski definition) is 4. The van der Waals surface area contributed by atoms with Crippen molar-refractivity contribution in [2.75, 3.05) is 19.7 Å². The van der Waals surface area contributed by atoms with Crippen molar-refractivity contribution in [3.8, 4) is 5.75 Å². The van der Waals surface area contributed by atoms with Crippen LogP contribution in [0.25, 0.3) is 0 Å². The molecule has 0 aliphatic carbocycles. The first-order valence-corrected chi connectivity index (χ1v) is 10.0. The Bertz CT molecular complexity index is 976. The van der Waals surface area contributed by atoms with E-state index in [4.69, 9.17) is 4.74 Å². The summed E-state index contributed by atoms with van der Waals surface area (Å²) in [4.78, 5) is 13.1. The number of ether oxygens (including phenoxy) is 1. The monoisotopic (exact) mass is 396 g/mol. The third kappa shape index (κ3) is 4.74. The molecule has 0 atom stereocenters. The Balaban J connectivity index is 1.53. The molecule has 0 saturated carbocycles. The number of halogens is 1. The Kier molecular flexibility index (Phi) is 6.05. The fourth-order valence-corrected chi connectivity index (χ4v) is 3.68. The smallest absolute Gasteiger partial charge is 0.346 e. The van der Waals surface area contributed by atoms with Gasteiger partial charge in [0, 0.05) is 5.92 Å². The largest absolute Gasteiger partial charge is 0.492 e. The van der Waals surface area contributed by atoms with E-state index in [0.29, 0.717) is 25.4 Å². The minimum Gasteiger partial charge on any atom is -0.492 e. The van der Waals surface area contributed by atoms with Crippen molar-refractivity contribution >= 4 is 0 Å². The van der Waals surface area contributed by atoms with Crippen LogP contribution in [0.15, 0.2) is 59.4 Å². The highest BCUT2D eigenvalue weighted by Crippen LogP contribution is 2.23. The van der Waals surface area contributed by atoms with Crippen LogP contribution in [-0.4, -0.2) is 34.0 Å². The van der Waals surface area contributed by atoms with Crippen molar-refractivity contribution in [2.24, 2.45) is 0 Å². The first-order valence-electron chi connectivity index (χ1n) is 10.0. The number of nitrogens with one attached hydrogen (secondary N) is 1. The zero-order valence-electron chi connectivity index (χ0n) is 16.3. The van der Waals surface area contributed by atoms with Gasteiger partial charge in [0.1, 0.15) is 24.0 Å². The standard InChI is InChI=1S/C22H25FN4O2/c23-19-6-8-20(9-7-19)29-15-14-27-22(28)26(16-17-4-2-1-3-5-17)21(25-27)18-10-12-24-13-11-18/h1-9,18,24H,10-16H2. The average Bonchev–Trinajstić information content (AvgIpc) is 3.06. The van der Waals surface area contributed by atoms with Gasteiger partial charge in [-0.2, -0.15) is 5.10 Å². The molecule has 1 aliphatic rings. The quantitative estimate of drug-likeness (QED) is 0.667. The molecule has 152 valence electrons. The molecule has 1 N–H and O–H groups in total. The average molecular weight is 396 g/mol. The maximum absolute atomic E-state index is 13.1. The lowest BCUT2D eigenvalue weighted by atomic mass is 9.97. The summed E-state index contributed by atoms with van der Waals surface area (Å²) in [6.45, 7) is 3.02. The normalized spacial score (nSPS) is 14.8. The minimum absolute atomic E-state index is 0.120. The van der Waals surface area contributed by atoms with Crippen LogP contribution in [-0.2, 0) is 13.1 Å². The fourth-order valence-electron chi connectivity index (χ4n) is 3.68. The second-order valence-corrected chi connectivity index (χ2v) is 7.26. The molecule has 0 radical (unpaired) electrons. The van der Waals surface area contributed by atoms with Gasteiger partial charge < -0.3 is 10.1 Å². The van der Waals surface area contributed by atoms with Crippen LogP contribution in [0.1, 0.15) is 30.1 Å². The van der Waals surface area contributed by atoms with Crippen molar-refractivity contribution in [1.29, 1.82) is 0 Å². The summed E-state index contributed by atoms with van der Waals surface area (Å²) in [5.74, 6) is 1.38. The highest BCUT2D eigenvalue weighted by molar-refractivity contribution is 5.22. The van der Waals surface area contributed by atoms with Crippen molar-refractivity contribution < 1.29 is 9.13 Å². The van der Waals surface area contributed by atoms with Crippen LogP contribution in [0, 0.1) is 5.82 Å². The molecule has 0 amide bonds. The van der Waals surface area contributed by atoms with Gasteiger partial charge in [-0.05, 0) is 55.8 Å². The van der Waals surface area contributed by atoms with E-state index in [0.717, 1.165) is 37.3 Å². The van der Waals surface area contributed by atoms with Gasteiger partial charge in [-0.25, -0.2) is 13.9 Å². The number of hydrogen-bond donors (Lipinski definition) is 1. The molecule has 7 heteroatoms. The zero-order valence-corrected chi connectivity index (χ0v) is 16.3. The van der Waals surface area contributed by atoms with E-state index < -0.39 is 0 Å². The Morgan fingerprint density at radius 2 is 1.79 bits per heavy atom. The number of benzene rings is 2. The Labute approximate surface area is 168 Å². The van der Waals surface area contributed by atoms with Crippen LogP contribution in [0.2, 0.25) is 0 Å². The molecule has 1 saturated heterocycles. The van der Waals surface area contributed by atoms with Gasteiger partial charge in [0.05, 0.1) is 13.1 Å². The third-order valence-corrected chi connectivity index (χ3v) is 5.22. The first-order chi connectivity index (χ1) is 14.2. The molecular formula is C22H25FN4O2. The summed E-state index contributed by atoms with van der Waals surface area (Å²) in [6, 6.07) is 15.8. The summed E-state index contributed by atoms with van der Waals surface area (Å²) in [7, 11) is 0. The van der Waals surface area contributed by atoms with Crippen LogP contribution < -0.4 is 15.7 Å². The second-order valence-electron chi connectivity index (χ2n) is 7.26. The highest BCUT2D eigenvalue weighted by Gasteiger charge is 2.24. The van der Waals surface area contributed by atoms with Gasteiger partial charge in [0.25, 0.3) is 0 Å². The lowest BCUT2D eigenvalue weighted by Crippen LogP contribution is -2.30. The van der Waals surface area contributed by atoms with Crippen LogP contribution in [0.5, 0.6) is 5.75 Å². The molecule has 1 aromatic heterocycles. The zero-order chi connectivity index (χ0) is 20.1. The van der Waals surface area contributed by atoms with Crippen LogP contribution in [0.3, 0.4) is 0 Å². The first kappa shape index (κ1) is 19.4. The van der Waals surface area contributed by atoms with Gasteiger partial charge in [-0.1, -0.05) is 30.3 Å². The molecular weight excluding hydrogens is 371 g/mol. The fraction of sp³-hybridized carbons (Fsp3) is 0.364. The Morgan fingerprint density at radius 1 is 1.07 bits per heavy atom. The molecule has 29 heavy (non-hydrogen) atoms. The van der Waals surface area contributed by atoms with Gasteiger partial charge in [0.15, 0.2) is 0 Å².